The maximum absolute atomic E-state index is 10.7. The Kier molecular flexibility index (Phi) is 5.65. The predicted octanol–water partition coefficient (Wildman–Crippen LogP) is 6.92. The van der Waals surface area contributed by atoms with E-state index in [1.165, 1.54) is 0 Å². The first-order valence-electron chi connectivity index (χ1n) is 15.1. The minimum Gasteiger partial charge on any atom is -0.414 e. The Morgan fingerprint density at radius 3 is 2.30 bits per heavy atom. The lowest BCUT2D eigenvalue weighted by Crippen LogP contribution is -2.51. The summed E-state index contributed by atoms with van der Waals surface area (Å²) in [7, 11) is -1.92. The molecule has 2 unspecified atom stereocenters. The first-order chi connectivity index (χ1) is 16.1. The Labute approximate surface area is 196 Å². The van der Waals surface area contributed by atoms with Gasteiger partial charge in [0.2, 0.25) is 0 Å². The highest BCUT2D eigenvalue weighted by atomic mass is 28.4. The molecule has 2 rings (SSSR count). The first kappa shape index (κ1) is 18.5. The number of aliphatic hydroxyl groups excluding tert-OH is 1. The van der Waals surface area contributed by atoms with E-state index in [9.17, 15) is 10.2 Å². The summed E-state index contributed by atoms with van der Waals surface area (Å²) >= 11 is 0. The van der Waals surface area contributed by atoms with Crippen molar-refractivity contribution in [1.82, 2.24) is 0 Å². The van der Waals surface area contributed by atoms with Crippen molar-refractivity contribution in [3.63, 3.8) is 0 Å². The standard InChI is InChI=1S/C26H52O3Si/c1-23(2,3)30(8,9)29-21-12-10-17-26(7)20(21)13-14-22(26)25(6,18-19-27)16-11-15-24(4,5)28/h20-22,27-28H,10-19H2,1-9H3/t20?,21-,22?,25-,26-/m0/s1/i4D3,5D3. The Bertz CT molecular complexity index is 733. The Hall–Kier alpha value is 0.0969. The van der Waals surface area contributed by atoms with Gasteiger partial charge in [-0.1, -0.05) is 47.5 Å². The third kappa shape index (κ3) is 5.71. The smallest absolute Gasteiger partial charge is 0.192 e. The fourth-order valence-corrected chi connectivity index (χ4v) is 7.83. The van der Waals surface area contributed by atoms with Gasteiger partial charge in [-0.25, -0.2) is 0 Å². The van der Waals surface area contributed by atoms with Gasteiger partial charge in [0.1, 0.15) is 0 Å². The summed E-state index contributed by atoms with van der Waals surface area (Å²) in [5.74, 6) is 0.770. The van der Waals surface area contributed by atoms with E-state index in [0.29, 0.717) is 24.7 Å². The van der Waals surface area contributed by atoms with Gasteiger partial charge in [-0.05, 0) is 99.4 Å². The summed E-state index contributed by atoms with van der Waals surface area (Å²) in [6.07, 6.45) is 6.76. The molecule has 0 amide bonds. The molecule has 5 atom stereocenters. The van der Waals surface area contributed by atoms with E-state index in [1.807, 2.05) is 0 Å². The van der Waals surface area contributed by atoms with Crippen LogP contribution in [0, 0.1) is 22.7 Å². The second-order valence-corrected chi connectivity index (χ2v) is 17.1. The fourth-order valence-electron chi connectivity index (χ4n) is 6.44. The van der Waals surface area contributed by atoms with E-state index in [-0.39, 0.29) is 41.4 Å². The Morgan fingerprint density at radius 1 is 1.07 bits per heavy atom. The van der Waals surface area contributed by atoms with Crippen molar-refractivity contribution >= 4 is 8.32 Å². The van der Waals surface area contributed by atoms with E-state index in [1.54, 1.807) is 0 Å². The van der Waals surface area contributed by atoms with Crippen LogP contribution >= 0.6 is 0 Å². The molecule has 2 saturated carbocycles. The highest BCUT2D eigenvalue weighted by Crippen LogP contribution is 2.63. The zero-order chi connectivity index (χ0) is 28.0. The fraction of sp³-hybridized carbons (Fsp3) is 1.00. The van der Waals surface area contributed by atoms with Crippen LogP contribution in [0.25, 0.3) is 0 Å². The van der Waals surface area contributed by atoms with Gasteiger partial charge in [0, 0.05) is 20.9 Å². The predicted molar refractivity (Wildman–Crippen MR) is 130 cm³/mol. The molecule has 2 fully saturated rings. The Morgan fingerprint density at radius 2 is 1.73 bits per heavy atom. The van der Waals surface area contributed by atoms with Crippen LogP contribution in [-0.2, 0) is 4.43 Å². The van der Waals surface area contributed by atoms with Gasteiger partial charge in [0.25, 0.3) is 0 Å². The summed E-state index contributed by atoms with van der Waals surface area (Å²) in [6, 6.07) is 0. The number of hydrogen-bond acceptors (Lipinski definition) is 3. The second-order valence-electron chi connectivity index (χ2n) is 12.4. The lowest BCUT2D eigenvalue weighted by molar-refractivity contribution is -0.0511. The first-order valence-corrected chi connectivity index (χ1v) is 15.0. The topological polar surface area (TPSA) is 49.7 Å². The largest absolute Gasteiger partial charge is 0.414 e. The molecule has 0 bridgehead atoms. The number of fused-ring (bicyclic) bond motifs is 1. The van der Waals surface area contributed by atoms with Crippen molar-refractivity contribution in [1.29, 1.82) is 0 Å². The molecule has 0 aromatic carbocycles. The van der Waals surface area contributed by atoms with E-state index in [0.717, 1.165) is 32.1 Å². The molecule has 2 aliphatic rings. The van der Waals surface area contributed by atoms with Gasteiger partial charge in [0.05, 0.1) is 5.60 Å². The summed E-state index contributed by atoms with van der Waals surface area (Å²) < 4.78 is 53.1. The maximum Gasteiger partial charge on any atom is 0.192 e. The number of rotatable bonds is 9. The van der Waals surface area contributed by atoms with Crippen LogP contribution in [0.1, 0.15) is 114 Å². The van der Waals surface area contributed by atoms with E-state index in [2.05, 4.69) is 47.7 Å². The van der Waals surface area contributed by atoms with Gasteiger partial charge >= 0.3 is 0 Å². The summed E-state index contributed by atoms with van der Waals surface area (Å²) in [5, 5.41) is 20.9. The third-order valence-corrected chi connectivity index (χ3v) is 13.6. The van der Waals surface area contributed by atoms with Crippen molar-refractivity contribution in [3.05, 3.63) is 0 Å². The molecule has 2 N–H and O–H groups in total. The van der Waals surface area contributed by atoms with Crippen LogP contribution in [0.15, 0.2) is 0 Å². The van der Waals surface area contributed by atoms with Crippen molar-refractivity contribution in [2.24, 2.45) is 22.7 Å². The number of hydrogen-bond donors (Lipinski definition) is 2. The molecule has 0 radical (unpaired) electrons. The van der Waals surface area contributed by atoms with Gasteiger partial charge in [0.15, 0.2) is 8.32 Å². The average molecular weight is 447 g/mol. The minimum absolute atomic E-state index is 0.0282. The molecule has 0 saturated heterocycles. The summed E-state index contributed by atoms with van der Waals surface area (Å²) in [5.41, 5.74) is -2.95. The molecule has 178 valence electrons. The van der Waals surface area contributed by atoms with E-state index >= 15 is 0 Å². The molecular weight excluding hydrogens is 388 g/mol. The molecule has 2 aliphatic carbocycles. The van der Waals surface area contributed by atoms with Gasteiger partial charge in [-0.2, -0.15) is 0 Å². The van der Waals surface area contributed by atoms with E-state index in [4.69, 9.17) is 12.7 Å². The normalized spacial score (nSPS) is 36.5. The zero-order valence-electron chi connectivity index (χ0n) is 26.6. The minimum atomic E-state index is -2.99. The van der Waals surface area contributed by atoms with Gasteiger partial charge in [-0.3, -0.25) is 0 Å². The van der Waals surface area contributed by atoms with Crippen LogP contribution in [-0.4, -0.2) is 36.8 Å². The van der Waals surface area contributed by atoms with Crippen LogP contribution in [0.4, 0.5) is 0 Å². The summed E-state index contributed by atoms with van der Waals surface area (Å²) in [6.45, 7) is 10.1. The van der Waals surface area contributed by atoms with Gasteiger partial charge in [-0.15, -0.1) is 0 Å². The Balaban J connectivity index is 2.26. The van der Waals surface area contributed by atoms with Crippen molar-refractivity contribution in [3.8, 4) is 0 Å². The van der Waals surface area contributed by atoms with Crippen LogP contribution in [0.2, 0.25) is 18.1 Å². The summed E-state index contributed by atoms with van der Waals surface area (Å²) in [4.78, 5) is 0. The molecule has 3 nitrogen and oxygen atoms in total. The van der Waals surface area contributed by atoms with Crippen molar-refractivity contribution in [2.75, 3.05) is 6.61 Å². The van der Waals surface area contributed by atoms with Crippen LogP contribution < -0.4 is 0 Å². The van der Waals surface area contributed by atoms with Crippen LogP contribution in [0.3, 0.4) is 0 Å². The maximum atomic E-state index is 10.7. The molecule has 4 heteroatoms. The molecule has 0 aliphatic heterocycles. The van der Waals surface area contributed by atoms with Crippen molar-refractivity contribution in [2.45, 2.75) is 136 Å². The molecule has 0 aromatic heterocycles. The van der Waals surface area contributed by atoms with Crippen molar-refractivity contribution < 1.29 is 22.9 Å². The third-order valence-electron chi connectivity index (χ3n) is 9.13. The van der Waals surface area contributed by atoms with Crippen LogP contribution in [0.5, 0.6) is 0 Å². The average Bonchev–Trinajstić information content (AvgIpc) is 3.04. The molecular formula is C26H52O3Si. The van der Waals surface area contributed by atoms with E-state index < -0.39 is 27.6 Å². The SMILES string of the molecule is [2H]C([2H])([2H])C(O)(CCC[C@@](C)(CCO)C1CCC2[C@@H](O[Si](C)(C)C(C)(C)C)CCC[C@@]21C)C([2H])([2H])[2H]. The zero-order valence-corrected chi connectivity index (χ0v) is 21.6. The lowest BCUT2D eigenvalue weighted by atomic mass is 9.56. The highest BCUT2D eigenvalue weighted by Gasteiger charge is 2.57. The number of aliphatic hydroxyl groups is 2. The van der Waals surface area contributed by atoms with Gasteiger partial charge < -0.3 is 14.6 Å². The molecule has 0 spiro atoms. The molecule has 0 heterocycles. The quantitative estimate of drug-likeness (QED) is 0.378. The molecule has 30 heavy (non-hydrogen) atoms. The lowest BCUT2D eigenvalue weighted by Gasteiger charge is -2.52. The molecule has 0 aromatic rings. The second kappa shape index (κ2) is 9.15. The monoisotopic (exact) mass is 446 g/mol. The highest BCUT2D eigenvalue weighted by molar-refractivity contribution is 6.74.